The highest BCUT2D eigenvalue weighted by molar-refractivity contribution is 6.32. The van der Waals surface area contributed by atoms with E-state index in [1.54, 1.807) is 65.2 Å². The maximum atomic E-state index is 14.1. The summed E-state index contributed by atoms with van der Waals surface area (Å²) in [5.74, 6) is -0.774. The highest BCUT2D eigenvalue weighted by atomic mass is 35.5. The Morgan fingerprint density at radius 1 is 1.02 bits per heavy atom. The third-order valence-corrected chi connectivity index (χ3v) is 7.36. The minimum absolute atomic E-state index is 0.00369. The minimum Gasteiger partial charge on any atom is -0.476 e. The second kappa shape index (κ2) is 15.6. The predicted molar refractivity (Wildman–Crippen MR) is 182 cm³/mol. The number of allylic oxidation sites excluding steroid dienone is 1. The smallest absolute Gasteiger partial charge is 0.410 e. The van der Waals surface area contributed by atoms with E-state index in [0.717, 1.165) is 17.5 Å². The Balaban J connectivity index is 1.66. The van der Waals surface area contributed by atoms with Crippen molar-refractivity contribution in [2.24, 2.45) is 0 Å². The normalized spacial score (nSPS) is 12.6. The summed E-state index contributed by atoms with van der Waals surface area (Å²) < 4.78 is 67.6. The summed E-state index contributed by atoms with van der Waals surface area (Å²) in [6.45, 7) is 5.36. The number of para-hydroxylation sites is 1. The average molecular weight is 701 g/mol. The van der Waals surface area contributed by atoms with Crippen LogP contribution in [0, 0.1) is 5.82 Å². The molecule has 2 aromatic heterocycles. The zero-order valence-electron chi connectivity index (χ0n) is 27.7. The van der Waals surface area contributed by atoms with Crippen LogP contribution in [0.1, 0.15) is 44.0 Å². The molecule has 2 amide bonds. The third kappa shape index (κ3) is 10.6. The molecule has 2 heterocycles. The number of rotatable bonds is 11. The van der Waals surface area contributed by atoms with Gasteiger partial charge in [-0.05, 0) is 62.2 Å². The lowest BCUT2D eigenvalue weighted by Gasteiger charge is -2.26. The fourth-order valence-corrected chi connectivity index (χ4v) is 5.12. The number of H-pyrrole nitrogens is 1. The third-order valence-electron chi connectivity index (χ3n) is 7.05. The molecule has 0 radical (unpaired) electrons. The number of hydrogen-bond acceptors (Lipinski definition) is 5. The van der Waals surface area contributed by atoms with Crippen molar-refractivity contribution in [2.45, 2.75) is 39.0 Å². The maximum absolute atomic E-state index is 14.1. The number of aromatic amines is 1. The van der Waals surface area contributed by atoms with Gasteiger partial charge in [0.05, 0.1) is 18.0 Å². The Morgan fingerprint density at radius 2 is 1.76 bits per heavy atom. The minimum atomic E-state index is -4.63. The molecule has 0 aliphatic rings. The van der Waals surface area contributed by atoms with Gasteiger partial charge in [0.25, 0.3) is 0 Å². The summed E-state index contributed by atoms with van der Waals surface area (Å²) in [5, 5.41) is 0.603. The van der Waals surface area contributed by atoms with E-state index in [9.17, 15) is 27.2 Å². The molecule has 0 spiro atoms. The van der Waals surface area contributed by atoms with Crippen molar-refractivity contribution < 1.29 is 36.6 Å². The zero-order valence-corrected chi connectivity index (χ0v) is 28.5. The number of benzene rings is 2. The number of carbonyl (C=O) groups is 2. The summed E-state index contributed by atoms with van der Waals surface area (Å²) in [7, 11) is 3.22. The molecule has 260 valence electrons. The molecule has 0 bridgehead atoms. The summed E-state index contributed by atoms with van der Waals surface area (Å²) in [6.07, 6.45) is -2.31. The number of nitrogens with one attached hydrogen (secondary N) is 1. The standard InChI is InChI=1S/C36H37ClF4N4O4/c1-35(2,3)49-34(47)45(16-8-11-32(46)44(4)5)17-18-48-31-15-12-24(22-42-31)33(30-19-23-9-6-7-10-29(23)43-30)27(21-36(39,40)41)26-14-13-25(38)20-28(26)37/h6-15,19-20,22,43H,16-18,21H2,1-5H3/b11-8+,33-27+. The highest BCUT2D eigenvalue weighted by Crippen LogP contribution is 2.42. The van der Waals surface area contributed by atoms with Gasteiger partial charge in [0.15, 0.2) is 0 Å². The number of nitrogens with zero attached hydrogens (tertiary/aromatic N) is 3. The van der Waals surface area contributed by atoms with Gasteiger partial charge in [-0.25, -0.2) is 14.2 Å². The Morgan fingerprint density at radius 3 is 2.37 bits per heavy atom. The SMILES string of the molecule is CN(C)C(=O)/C=C/CN(CCOc1ccc(/C(=C(/CC(F)(F)F)c2ccc(F)cc2Cl)c2cc3ccccc3[nH]2)cn1)C(=O)OC(C)(C)C. The first kappa shape index (κ1) is 37.0. The lowest BCUT2D eigenvalue weighted by Crippen LogP contribution is -2.39. The van der Waals surface area contributed by atoms with Crippen LogP contribution in [0.3, 0.4) is 0 Å². The number of ether oxygens (including phenoxy) is 2. The van der Waals surface area contributed by atoms with Crippen molar-refractivity contribution in [1.82, 2.24) is 19.8 Å². The Bertz CT molecular complexity index is 1810. The molecule has 0 aliphatic carbocycles. The van der Waals surface area contributed by atoms with E-state index in [2.05, 4.69) is 9.97 Å². The van der Waals surface area contributed by atoms with Crippen LogP contribution in [-0.4, -0.2) is 77.3 Å². The zero-order chi connectivity index (χ0) is 35.9. The number of hydrogen-bond donors (Lipinski definition) is 1. The van der Waals surface area contributed by atoms with Gasteiger partial charge in [0.2, 0.25) is 11.8 Å². The first-order valence-corrected chi connectivity index (χ1v) is 15.7. The van der Waals surface area contributed by atoms with Crippen molar-refractivity contribution in [3.63, 3.8) is 0 Å². The topological polar surface area (TPSA) is 87.8 Å². The molecular formula is C36H37ClF4N4O4. The van der Waals surface area contributed by atoms with E-state index in [4.69, 9.17) is 21.1 Å². The molecule has 2 aromatic carbocycles. The summed E-state index contributed by atoms with van der Waals surface area (Å²) in [5.41, 5.74) is 0.683. The number of halogens is 5. The van der Waals surface area contributed by atoms with E-state index in [1.807, 2.05) is 12.1 Å². The Hall–Kier alpha value is -4.84. The van der Waals surface area contributed by atoms with Crippen LogP contribution in [0.5, 0.6) is 5.88 Å². The molecule has 0 aliphatic heterocycles. The first-order valence-electron chi connectivity index (χ1n) is 15.3. The van der Waals surface area contributed by atoms with Crippen LogP contribution < -0.4 is 4.74 Å². The van der Waals surface area contributed by atoms with Crippen LogP contribution in [0.4, 0.5) is 22.4 Å². The van der Waals surface area contributed by atoms with Gasteiger partial charge in [-0.1, -0.05) is 41.9 Å². The molecule has 0 saturated carbocycles. The van der Waals surface area contributed by atoms with Gasteiger partial charge in [-0.2, -0.15) is 13.2 Å². The Kier molecular flexibility index (Phi) is 11.8. The first-order chi connectivity index (χ1) is 23.0. The van der Waals surface area contributed by atoms with Gasteiger partial charge in [0.1, 0.15) is 18.0 Å². The summed E-state index contributed by atoms with van der Waals surface area (Å²) in [6, 6.07) is 15.3. The lowest BCUT2D eigenvalue weighted by atomic mass is 9.90. The number of likely N-dealkylation sites (N-methyl/N-ethyl adjacent to an activating group) is 1. The van der Waals surface area contributed by atoms with Gasteiger partial charge in [0, 0.05) is 66.7 Å². The lowest BCUT2D eigenvalue weighted by molar-refractivity contribution is -0.124. The number of pyridine rings is 1. The number of alkyl halides is 3. The highest BCUT2D eigenvalue weighted by Gasteiger charge is 2.33. The van der Waals surface area contributed by atoms with Crippen molar-refractivity contribution in [1.29, 1.82) is 0 Å². The number of fused-ring (bicyclic) bond motifs is 1. The quantitative estimate of drug-likeness (QED) is 0.125. The van der Waals surface area contributed by atoms with E-state index < -0.39 is 30.1 Å². The molecule has 4 rings (SSSR count). The molecule has 0 fully saturated rings. The van der Waals surface area contributed by atoms with Gasteiger partial charge in [-0.3, -0.25) is 4.79 Å². The monoisotopic (exact) mass is 700 g/mol. The molecule has 0 saturated heterocycles. The fourth-order valence-electron chi connectivity index (χ4n) is 4.84. The second-order valence-electron chi connectivity index (χ2n) is 12.3. The van der Waals surface area contributed by atoms with Gasteiger partial charge in [-0.15, -0.1) is 0 Å². The predicted octanol–water partition coefficient (Wildman–Crippen LogP) is 8.53. The number of carbonyl (C=O) groups excluding carboxylic acids is 2. The van der Waals surface area contributed by atoms with Crippen LogP contribution in [0.2, 0.25) is 5.02 Å². The van der Waals surface area contributed by atoms with E-state index >= 15 is 0 Å². The van der Waals surface area contributed by atoms with Gasteiger partial charge >= 0.3 is 12.3 Å². The molecule has 1 N–H and O–H groups in total. The summed E-state index contributed by atoms with van der Waals surface area (Å²) >= 11 is 6.33. The Labute approximate surface area is 287 Å². The van der Waals surface area contributed by atoms with Crippen LogP contribution in [0.25, 0.3) is 22.0 Å². The van der Waals surface area contributed by atoms with Crippen LogP contribution >= 0.6 is 11.6 Å². The molecule has 8 nitrogen and oxygen atoms in total. The molecule has 0 atom stereocenters. The van der Waals surface area contributed by atoms with Crippen molar-refractivity contribution in [3.8, 4) is 5.88 Å². The number of amides is 2. The van der Waals surface area contributed by atoms with Crippen molar-refractivity contribution in [3.05, 3.63) is 107 Å². The van der Waals surface area contributed by atoms with Crippen LogP contribution in [0.15, 0.2) is 79.0 Å². The van der Waals surface area contributed by atoms with E-state index in [-0.39, 0.29) is 53.2 Å². The second-order valence-corrected chi connectivity index (χ2v) is 12.7. The molecule has 49 heavy (non-hydrogen) atoms. The maximum Gasteiger partial charge on any atom is 0.410 e. The number of aromatic nitrogens is 2. The van der Waals surface area contributed by atoms with Crippen molar-refractivity contribution >= 4 is 45.7 Å². The van der Waals surface area contributed by atoms with E-state index in [1.165, 1.54) is 34.2 Å². The van der Waals surface area contributed by atoms with Gasteiger partial charge < -0.3 is 24.3 Å². The molecular weight excluding hydrogens is 664 g/mol. The fraction of sp³-hybridized carbons (Fsp3) is 0.306. The van der Waals surface area contributed by atoms with E-state index in [0.29, 0.717) is 16.8 Å². The average Bonchev–Trinajstić information content (AvgIpc) is 3.43. The molecule has 13 heteroatoms. The van der Waals surface area contributed by atoms with Crippen LogP contribution in [-0.2, 0) is 9.53 Å². The largest absolute Gasteiger partial charge is 0.476 e. The van der Waals surface area contributed by atoms with Crippen molar-refractivity contribution in [2.75, 3.05) is 33.8 Å². The molecule has 4 aromatic rings. The molecule has 0 unspecified atom stereocenters. The summed E-state index contributed by atoms with van der Waals surface area (Å²) in [4.78, 5) is 35.1.